The molecule has 1 aromatic rings. The van der Waals surface area contributed by atoms with Crippen LogP contribution >= 0.6 is 0 Å². The van der Waals surface area contributed by atoms with Gasteiger partial charge in [0, 0.05) is 18.0 Å². The lowest BCUT2D eigenvalue weighted by Crippen LogP contribution is -2.47. The predicted molar refractivity (Wildman–Crippen MR) is 78.4 cm³/mol. The van der Waals surface area contributed by atoms with Crippen LogP contribution in [0.1, 0.15) is 24.8 Å². The fraction of sp³-hybridized carbons (Fsp3) is 0.500. The third-order valence-electron chi connectivity index (χ3n) is 5.00. The van der Waals surface area contributed by atoms with Gasteiger partial charge in [-0.15, -0.1) is 0 Å². The number of amidine groups is 1. The van der Waals surface area contributed by atoms with Gasteiger partial charge in [0.05, 0.1) is 18.3 Å². The average molecular weight is 269 g/mol. The number of oxime groups is 1. The topological polar surface area (TPSA) is 48.2 Å². The fourth-order valence-electron chi connectivity index (χ4n) is 4.19. The van der Waals surface area contributed by atoms with Crippen LogP contribution < -0.4 is 0 Å². The SMILES string of the molecule is O/N=C1\[C@H]2CC[C@@H](C2)[C@@H]1N1CCN=C1c1ccccc1. The predicted octanol–water partition coefficient (Wildman–Crippen LogP) is 2.38. The van der Waals surface area contributed by atoms with Crippen molar-refractivity contribution in [3.05, 3.63) is 35.9 Å². The Kier molecular flexibility index (Phi) is 2.76. The summed E-state index contributed by atoms with van der Waals surface area (Å²) in [5.74, 6) is 2.20. The maximum absolute atomic E-state index is 9.40. The van der Waals surface area contributed by atoms with Crippen LogP contribution in [-0.2, 0) is 0 Å². The summed E-state index contributed by atoms with van der Waals surface area (Å²) in [5, 5.41) is 13.0. The quantitative estimate of drug-likeness (QED) is 0.662. The average Bonchev–Trinajstić information content (AvgIpc) is 3.22. The zero-order valence-electron chi connectivity index (χ0n) is 11.4. The van der Waals surface area contributed by atoms with Crippen molar-refractivity contribution < 1.29 is 5.21 Å². The third kappa shape index (κ3) is 1.67. The van der Waals surface area contributed by atoms with Gasteiger partial charge in [0.1, 0.15) is 5.84 Å². The largest absolute Gasteiger partial charge is 0.411 e. The van der Waals surface area contributed by atoms with Crippen LogP contribution in [0.25, 0.3) is 0 Å². The molecule has 1 N–H and O–H groups in total. The van der Waals surface area contributed by atoms with E-state index in [1.807, 2.05) is 6.07 Å². The van der Waals surface area contributed by atoms with E-state index in [0.29, 0.717) is 11.8 Å². The van der Waals surface area contributed by atoms with E-state index in [1.165, 1.54) is 24.8 Å². The van der Waals surface area contributed by atoms with Crippen molar-refractivity contribution in [2.24, 2.45) is 22.0 Å². The van der Waals surface area contributed by atoms with E-state index in [4.69, 9.17) is 4.99 Å². The molecule has 4 nitrogen and oxygen atoms in total. The van der Waals surface area contributed by atoms with Gasteiger partial charge in [-0.05, 0) is 25.2 Å². The van der Waals surface area contributed by atoms with Crippen molar-refractivity contribution in [3.63, 3.8) is 0 Å². The molecule has 2 saturated carbocycles. The Bertz CT molecular complexity index is 566. The molecular weight excluding hydrogens is 250 g/mol. The molecule has 0 amide bonds. The van der Waals surface area contributed by atoms with Crippen molar-refractivity contribution in [1.82, 2.24) is 4.90 Å². The van der Waals surface area contributed by atoms with Crippen LogP contribution in [0.4, 0.5) is 0 Å². The molecule has 0 unspecified atom stereocenters. The Morgan fingerprint density at radius 2 is 2.05 bits per heavy atom. The van der Waals surface area contributed by atoms with Crippen molar-refractivity contribution in [3.8, 4) is 0 Å². The van der Waals surface area contributed by atoms with Gasteiger partial charge in [-0.2, -0.15) is 0 Å². The van der Waals surface area contributed by atoms with Crippen molar-refractivity contribution >= 4 is 11.5 Å². The Hall–Kier alpha value is -1.84. The van der Waals surface area contributed by atoms with E-state index in [0.717, 1.165) is 24.6 Å². The summed E-state index contributed by atoms with van der Waals surface area (Å²) >= 11 is 0. The standard InChI is InChI=1S/C16H19N3O/c20-18-14-12-6-7-13(10-12)15(14)19-9-8-17-16(19)11-4-2-1-3-5-11/h1-5,12-13,15,20H,6-10H2/b18-14+/t12-,13-,15-/m0/s1. The smallest absolute Gasteiger partial charge is 0.131 e. The first-order valence-corrected chi connectivity index (χ1v) is 7.47. The van der Waals surface area contributed by atoms with Crippen LogP contribution in [0.5, 0.6) is 0 Å². The van der Waals surface area contributed by atoms with E-state index in [1.54, 1.807) is 0 Å². The second-order valence-corrected chi connectivity index (χ2v) is 6.00. The van der Waals surface area contributed by atoms with Crippen LogP contribution in [0.2, 0.25) is 0 Å². The molecule has 3 aliphatic rings. The minimum Gasteiger partial charge on any atom is -0.411 e. The summed E-state index contributed by atoms with van der Waals surface area (Å²) in [6.07, 6.45) is 3.63. The summed E-state index contributed by atoms with van der Waals surface area (Å²) < 4.78 is 0. The van der Waals surface area contributed by atoms with Crippen LogP contribution in [0, 0.1) is 11.8 Å². The van der Waals surface area contributed by atoms with E-state index in [2.05, 4.69) is 34.3 Å². The number of fused-ring (bicyclic) bond motifs is 2. The Balaban J connectivity index is 1.67. The minimum absolute atomic E-state index is 0.264. The molecule has 0 spiro atoms. The molecule has 3 atom stereocenters. The first kappa shape index (κ1) is 11.9. The zero-order chi connectivity index (χ0) is 13.5. The highest BCUT2D eigenvalue weighted by molar-refractivity contribution is 6.04. The van der Waals surface area contributed by atoms with Gasteiger partial charge in [-0.25, -0.2) is 0 Å². The molecule has 2 aliphatic carbocycles. The monoisotopic (exact) mass is 269 g/mol. The Labute approximate surface area is 118 Å². The number of hydrogen-bond acceptors (Lipinski definition) is 4. The van der Waals surface area contributed by atoms with Gasteiger partial charge >= 0.3 is 0 Å². The number of hydrogen-bond donors (Lipinski definition) is 1. The highest BCUT2D eigenvalue weighted by Gasteiger charge is 2.49. The fourth-order valence-corrected chi connectivity index (χ4v) is 4.19. The molecule has 2 fully saturated rings. The molecule has 1 aromatic carbocycles. The molecule has 4 heteroatoms. The minimum atomic E-state index is 0.264. The second kappa shape index (κ2) is 4.62. The lowest BCUT2D eigenvalue weighted by atomic mass is 9.91. The van der Waals surface area contributed by atoms with E-state index in [9.17, 15) is 5.21 Å². The lowest BCUT2D eigenvalue weighted by Gasteiger charge is -2.34. The van der Waals surface area contributed by atoms with Gasteiger partial charge in [-0.3, -0.25) is 4.99 Å². The molecule has 1 heterocycles. The molecule has 0 saturated heterocycles. The van der Waals surface area contributed by atoms with Crippen LogP contribution in [0.3, 0.4) is 0 Å². The molecule has 2 bridgehead atoms. The van der Waals surface area contributed by atoms with E-state index >= 15 is 0 Å². The molecule has 1 aliphatic heterocycles. The van der Waals surface area contributed by atoms with Gasteiger partial charge in [0.15, 0.2) is 0 Å². The third-order valence-corrected chi connectivity index (χ3v) is 5.00. The van der Waals surface area contributed by atoms with Gasteiger partial charge < -0.3 is 10.1 Å². The summed E-state index contributed by atoms with van der Waals surface area (Å²) in [6.45, 7) is 1.79. The number of rotatable bonds is 2. The van der Waals surface area contributed by atoms with Crippen LogP contribution in [0.15, 0.2) is 40.5 Å². The van der Waals surface area contributed by atoms with Gasteiger partial charge in [-0.1, -0.05) is 35.5 Å². The summed E-state index contributed by atoms with van der Waals surface area (Å²) in [4.78, 5) is 7.06. The molecule has 20 heavy (non-hydrogen) atoms. The maximum atomic E-state index is 9.40. The summed E-state index contributed by atoms with van der Waals surface area (Å²) in [7, 11) is 0. The van der Waals surface area contributed by atoms with E-state index in [-0.39, 0.29) is 6.04 Å². The molecule has 0 aromatic heterocycles. The maximum Gasteiger partial charge on any atom is 0.131 e. The van der Waals surface area contributed by atoms with Crippen molar-refractivity contribution in [2.45, 2.75) is 25.3 Å². The van der Waals surface area contributed by atoms with E-state index < -0.39 is 0 Å². The van der Waals surface area contributed by atoms with Crippen molar-refractivity contribution in [2.75, 3.05) is 13.1 Å². The molecule has 0 radical (unpaired) electrons. The van der Waals surface area contributed by atoms with Crippen molar-refractivity contribution in [1.29, 1.82) is 0 Å². The Morgan fingerprint density at radius 3 is 2.85 bits per heavy atom. The van der Waals surface area contributed by atoms with Crippen LogP contribution in [-0.4, -0.2) is 40.8 Å². The first-order valence-electron chi connectivity index (χ1n) is 7.47. The number of nitrogens with zero attached hydrogens (tertiary/aromatic N) is 3. The summed E-state index contributed by atoms with van der Waals surface area (Å²) in [6, 6.07) is 10.6. The Morgan fingerprint density at radius 1 is 1.20 bits per heavy atom. The summed E-state index contributed by atoms with van der Waals surface area (Å²) in [5.41, 5.74) is 2.16. The normalized spacial score (nSPS) is 34.0. The first-order chi connectivity index (χ1) is 9.88. The van der Waals surface area contributed by atoms with Gasteiger partial charge in [0.25, 0.3) is 0 Å². The molecule has 104 valence electrons. The number of benzene rings is 1. The molecule has 4 rings (SSSR count). The zero-order valence-corrected chi connectivity index (χ0v) is 11.4. The second-order valence-electron chi connectivity index (χ2n) is 6.00. The highest BCUT2D eigenvalue weighted by atomic mass is 16.4. The molecular formula is C16H19N3O. The highest BCUT2D eigenvalue weighted by Crippen LogP contribution is 2.45. The van der Waals surface area contributed by atoms with Gasteiger partial charge in [0.2, 0.25) is 0 Å². The lowest BCUT2D eigenvalue weighted by molar-refractivity contribution is 0.286. The number of aliphatic imine (C=N–C) groups is 1.